The van der Waals surface area contributed by atoms with Crippen molar-refractivity contribution in [3.8, 4) is 0 Å². The van der Waals surface area contributed by atoms with Crippen LogP contribution in [0.2, 0.25) is 0 Å². The highest BCUT2D eigenvalue weighted by molar-refractivity contribution is 5.76. The maximum absolute atomic E-state index is 12.7. The molecule has 43 heavy (non-hydrogen) atoms. The molecule has 6 heteroatoms. The number of aromatic amines is 1. The Kier molecular flexibility index (Phi) is 6.01. The van der Waals surface area contributed by atoms with Crippen LogP contribution in [0.15, 0.2) is 29.8 Å². The first-order chi connectivity index (χ1) is 20.0. The van der Waals surface area contributed by atoms with Gasteiger partial charge in [-0.15, -0.1) is 0 Å². The first-order valence-corrected chi connectivity index (χ1v) is 16.7. The molecule has 232 valence electrons. The number of nitrogens with zero attached hydrogens (tertiary/aromatic N) is 1. The van der Waals surface area contributed by atoms with E-state index in [0.717, 1.165) is 55.7 Å². The average molecular weight is 585 g/mol. The predicted octanol–water partition coefficient (Wildman–Crippen LogP) is 7.86. The minimum absolute atomic E-state index is 0.0136. The third kappa shape index (κ3) is 3.76. The molecule has 3 saturated carbocycles. The molecule has 0 radical (unpaired) electrons. The molecule has 0 bridgehead atoms. The number of nitrogens with two attached hydrogens (primary N) is 2. The van der Waals surface area contributed by atoms with Crippen molar-refractivity contribution in [2.75, 3.05) is 11.5 Å². The van der Waals surface area contributed by atoms with Crippen LogP contribution in [0.25, 0.3) is 5.57 Å². The Morgan fingerprint density at radius 1 is 1.00 bits per heavy atom. The van der Waals surface area contributed by atoms with Gasteiger partial charge < -0.3 is 16.6 Å². The van der Waals surface area contributed by atoms with Gasteiger partial charge in [0.15, 0.2) is 0 Å². The van der Waals surface area contributed by atoms with Crippen molar-refractivity contribution in [1.29, 1.82) is 0 Å². The second kappa shape index (κ2) is 8.91. The minimum atomic E-state index is -0.608. The summed E-state index contributed by atoms with van der Waals surface area (Å²) in [6.07, 6.45) is 8.19. The van der Waals surface area contributed by atoms with E-state index in [4.69, 9.17) is 16.6 Å². The van der Waals surface area contributed by atoms with Crippen LogP contribution in [0, 0.1) is 51.2 Å². The van der Waals surface area contributed by atoms with Gasteiger partial charge in [-0.1, -0.05) is 66.2 Å². The number of nitrogens with one attached hydrogen (secondary N) is 1. The summed E-state index contributed by atoms with van der Waals surface area (Å²) in [5.74, 6) is 1.27. The Hall–Kier alpha value is -2.76. The molecular formula is C37H52N4O2. The van der Waals surface area contributed by atoms with Gasteiger partial charge in [-0.3, -0.25) is 9.89 Å². The number of anilines is 2. The fourth-order valence-electron chi connectivity index (χ4n) is 12.4. The van der Waals surface area contributed by atoms with Gasteiger partial charge in [0.1, 0.15) is 5.82 Å². The molecule has 7 rings (SSSR count). The summed E-state index contributed by atoms with van der Waals surface area (Å²) in [6.45, 7) is 17.1. The Labute approximate surface area is 257 Å². The first-order valence-electron chi connectivity index (χ1n) is 16.7. The average Bonchev–Trinajstić information content (AvgIpc) is 3.28. The van der Waals surface area contributed by atoms with E-state index in [0.29, 0.717) is 11.8 Å². The van der Waals surface area contributed by atoms with Crippen molar-refractivity contribution < 1.29 is 9.90 Å². The highest BCUT2D eigenvalue weighted by Crippen LogP contribution is 2.76. The van der Waals surface area contributed by atoms with Crippen LogP contribution in [0.4, 0.5) is 11.5 Å². The third-order valence-corrected chi connectivity index (χ3v) is 14.3. The van der Waals surface area contributed by atoms with E-state index in [1.807, 2.05) is 6.07 Å². The molecule has 1 heterocycles. The molecule has 3 fully saturated rings. The van der Waals surface area contributed by atoms with E-state index >= 15 is 0 Å². The van der Waals surface area contributed by atoms with E-state index in [2.05, 4.69) is 71.8 Å². The zero-order valence-electron chi connectivity index (χ0n) is 27.3. The van der Waals surface area contributed by atoms with Crippen molar-refractivity contribution in [2.24, 2.45) is 51.2 Å². The summed E-state index contributed by atoms with van der Waals surface area (Å²) < 4.78 is 0. The highest BCUT2D eigenvalue weighted by Gasteiger charge is 2.68. The number of allylic oxidation sites excluding steroid dienone is 2. The number of benzene rings is 1. The van der Waals surface area contributed by atoms with E-state index in [1.54, 1.807) is 5.57 Å². The van der Waals surface area contributed by atoms with E-state index in [-0.39, 0.29) is 44.8 Å². The second-order valence-corrected chi connectivity index (χ2v) is 17.3. The van der Waals surface area contributed by atoms with Crippen molar-refractivity contribution >= 4 is 23.0 Å². The first kappa shape index (κ1) is 29.0. The maximum Gasteiger partial charge on any atom is 0.306 e. The fraction of sp³-hybridized carbons (Fsp3) is 0.676. The number of hydrogen-bond acceptors (Lipinski definition) is 4. The molecular weight excluding hydrogens is 532 g/mol. The van der Waals surface area contributed by atoms with Crippen LogP contribution in [-0.4, -0.2) is 21.3 Å². The van der Waals surface area contributed by atoms with Crippen LogP contribution in [0.1, 0.15) is 110 Å². The van der Waals surface area contributed by atoms with Crippen LogP contribution in [-0.2, 0) is 16.6 Å². The van der Waals surface area contributed by atoms with Crippen molar-refractivity contribution in [2.45, 2.75) is 105 Å². The minimum Gasteiger partial charge on any atom is -0.481 e. The number of hydrogen-bond donors (Lipinski definition) is 4. The quantitative estimate of drug-likeness (QED) is 0.268. The normalized spacial score (nSPS) is 40.9. The van der Waals surface area contributed by atoms with Gasteiger partial charge in [0, 0.05) is 16.7 Å². The molecule has 5 aliphatic rings. The summed E-state index contributed by atoms with van der Waals surface area (Å²) in [6, 6.07) is 8.52. The number of carboxylic acids is 1. The number of carbonyl (C=O) groups is 1. The van der Waals surface area contributed by atoms with Crippen molar-refractivity contribution in [3.63, 3.8) is 0 Å². The maximum atomic E-state index is 12.7. The highest BCUT2D eigenvalue weighted by atomic mass is 16.4. The van der Waals surface area contributed by atoms with Crippen molar-refractivity contribution in [1.82, 2.24) is 10.2 Å². The van der Waals surface area contributed by atoms with Gasteiger partial charge in [0.2, 0.25) is 0 Å². The summed E-state index contributed by atoms with van der Waals surface area (Å²) in [5.41, 5.74) is 20.5. The summed E-state index contributed by atoms with van der Waals surface area (Å²) in [7, 11) is 0. The number of H-pyrrole nitrogens is 1. The molecule has 0 spiro atoms. The lowest BCUT2D eigenvalue weighted by atomic mass is 9.33. The molecule has 6 nitrogen and oxygen atoms in total. The molecule has 0 aliphatic heterocycles. The number of rotatable bonds is 2. The SMILES string of the molecule is CC1(C)C[C@@H]2C3=C(c4cccc(N)c4)CC4[C@@]5(C)Cc6c(n[nH]c6N)C(C)(C)[C@@H]5CC[C@@]4(C)[C@]3(C)CC[C@@H]2[C@H](C(=O)O)C1. The molecule has 1 aromatic carbocycles. The summed E-state index contributed by atoms with van der Waals surface area (Å²) in [4.78, 5) is 12.7. The van der Waals surface area contributed by atoms with Gasteiger partial charge in [-0.2, -0.15) is 5.10 Å². The van der Waals surface area contributed by atoms with Gasteiger partial charge in [-0.05, 0) is 120 Å². The molecule has 8 atom stereocenters. The lowest BCUT2D eigenvalue weighted by Gasteiger charge is -2.70. The largest absolute Gasteiger partial charge is 0.481 e. The summed E-state index contributed by atoms with van der Waals surface area (Å²) >= 11 is 0. The zero-order chi connectivity index (χ0) is 30.9. The number of aliphatic carboxylic acids is 1. The van der Waals surface area contributed by atoms with Crippen molar-refractivity contribution in [3.05, 3.63) is 46.7 Å². The van der Waals surface area contributed by atoms with Crippen LogP contribution >= 0.6 is 0 Å². The molecule has 5 aliphatic carbocycles. The Morgan fingerprint density at radius 2 is 1.74 bits per heavy atom. The topological polar surface area (TPSA) is 118 Å². The third-order valence-electron chi connectivity index (χ3n) is 14.3. The summed E-state index contributed by atoms with van der Waals surface area (Å²) in [5, 5.41) is 18.4. The molecule has 0 saturated heterocycles. The van der Waals surface area contributed by atoms with E-state index < -0.39 is 5.97 Å². The number of fused-ring (bicyclic) bond motifs is 8. The Balaban J connectivity index is 1.46. The second-order valence-electron chi connectivity index (χ2n) is 17.3. The molecule has 6 N–H and O–H groups in total. The van der Waals surface area contributed by atoms with Crippen LogP contribution in [0.5, 0.6) is 0 Å². The molecule has 2 aromatic rings. The zero-order valence-corrected chi connectivity index (χ0v) is 27.3. The van der Waals surface area contributed by atoms with Gasteiger partial charge in [0.05, 0.1) is 11.6 Å². The van der Waals surface area contributed by atoms with Gasteiger partial charge in [0.25, 0.3) is 0 Å². The van der Waals surface area contributed by atoms with Crippen LogP contribution < -0.4 is 11.5 Å². The lowest BCUT2D eigenvalue weighted by Crippen LogP contribution is -2.64. The number of nitrogen functional groups attached to an aromatic ring is 2. The molecule has 1 unspecified atom stereocenters. The molecule has 1 aromatic heterocycles. The fourth-order valence-corrected chi connectivity index (χ4v) is 12.4. The monoisotopic (exact) mass is 584 g/mol. The molecule has 0 amide bonds. The van der Waals surface area contributed by atoms with Gasteiger partial charge >= 0.3 is 5.97 Å². The number of carboxylic acid groups (broad SMARTS) is 1. The van der Waals surface area contributed by atoms with E-state index in [1.165, 1.54) is 29.5 Å². The van der Waals surface area contributed by atoms with Gasteiger partial charge in [-0.25, -0.2) is 0 Å². The van der Waals surface area contributed by atoms with E-state index in [9.17, 15) is 9.90 Å². The standard InChI is InChI=1S/C37H52N4O2/c1-33(2)17-24-22(25(18-33)32(42)43)11-13-37(7)29(24)23(20-9-8-10-21(38)15-20)16-28-35(5)19-26-30(40-41-31(26)39)34(3,4)27(35)12-14-36(28,37)6/h8-10,15,22,24-25,27-28H,11-14,16-19,38H2,1-7H3,(H,42,43)(H3,39,40,41)/t22-,24-,25+,27-,28?,35-,36+,37+/m0/s1. The number of aromatic nitrogens is 2. The van der Waals surface area contributed by atoms with Crippen LogP contribution in [0.3, 0.4) is 0 Å². The lowest BCUT2D eigenvalue weighted by molar-refractivity contribution is -0.161. The smallest absolute Gasteiger partial charge is 0.306 e. The Morgan fingerprint density at radius 3 is 2.44 bits per heavy atom. The Bertz CT molecular complexity index is 1530. The predicted molar refractivity (Wildman–Crippen MR) is 173 cm³/mol.